The molecule has 3 rings (SSSR count). The summed E-state index contributed by atoms with van der Waals surface area (Å²) in [6.07, 6.45) is 7.15. The number of nitrogens with zero attached hydrogens (tertiary/aromatic N) is 3. The molecule has 0 spiro atoms. The van der Waals surface area contributed by atoms with Crippen molar-refractivity contribution in [1.29, 1.82) is 0 Å². The molecule has 23 heavy (non-hydrogen) atoms. The maximum absolute atomic E-state index is 12.4. The van der Waals surface area contributed by atoms with E-state index in [1.807, 2.05) is 41.4 Å². The predicted octanol–water partition coefficient (Wildman–Crippen LogP) is 2.64. The molecule has 0 saturated heterocycles. The van der Waals surface area contributed by atoms with Crippen LogP contribution in [0, 0.1) is 0 Å². The van der Waals surface area contributed by atoms with Crippen LogP contribution in [0.2, 0.25) is 0 Å². The Balaban J connectivity index is 1.61. The minimum Gasteiger partial charge on any atom is -0.396 e. The molecular weight excluding hydrogens is 292 g/mol. The highest BCUT2D eigenvalue weighted by Gasteiger charge is 2.32. The highest BCUT2D eigenvalue weighted by molar-refractivity contribution is 5.89. The van der Waals surface area contributed by atoms with Crippen molar-refractivity contribution in [3.05, 3.63) is 42.7 Å². The summed E-state index contributed by atoms with van der Waals surface area (Å²) in [5.41, 5.74) is 1.64. The average Bonchev–Trinajstić information content (AvgIpc) is 3.31. The monoisotopic (exact) mass is 314 g/mol. The number of para-hydroxylation sites is 1. The molecule has 1 heterocycles. The van der Waals surface area contributed by atoms with Crippen LogP contribution in [0.15, 0.2) is 42.7 Å². The lowest BCUT2D eigenvalue weighted by Crippen LogP contribution is -2.37. The van der Waals surface area contributed by atoms with E-state index in [9.17, 15) is 4.79 Å². The molecule has 2 N–H and O–H groups in total. The van der Waals surface area contributed by atoms with Crippen molar-refractivity contribution in [3.63, 3.8) is 0 Å². The zero-order chi connectivity index (χ0) is 16.1. The van der Waals surface area contributed by atoms with Gasteiger partial charge in [-0.2, -0.15) is 5.10 Å². The maximum Gasteiger partial charge on any atom is 0.322 e. The van der Waals surface area contributed by atoms with Crippen LogP contribution in [0.1, 0.15) is 25.7 Å². The van der Waals surface area contributed by atoms with E-state index in [1.54, 1.807) is 10.9 Å². The number of anilines is 1. The summed E-state index contributed by atoms with van der Waals surface area (Å²) in [6.45, 7) is 0.855. The SMILES string of the molecule is O=C(Nc1cnn(-c2ccccc2)c1)N(CCCCO)C1CC1. The third kappa shape index (κ3) is 4.10. The van der Waals surface area contributed by atoms with Crippen LogP contribution < -0.4 is 5.32 Å². The third-order valence-electron chi connectivity index (χ3n) is 3.91. The van der Waals surface area contributed by atoms with Crippen molar-refractivity contribution in [1.82, 2.24) is 14.7 Å². The second-order valence-corrected chi connectivity index (χ2v) is 5.79. The lowest BCUT2D eigenvalue weighted by molar-refractivity contribution is 0.204. The first-order valence-electron chi connectivity index (χ1n) is 8.06. The van der Waals surface area contributed by atoms with E-state index < -0.39 is 0 Å². The molecule has 0 aliphatic heterocycles. The zero-order valence-electron chi connectivity index (χ0n) is 13.1. The normalized spacial score (nSPS) is 13.8. The highest BCUT2D eigenvalue weighted by Crippen LogP contribution is 2.27. The number of aliphatic hydroxyl groups is 1. The van der Waals surface area contributed by atoms with Gasteiger partial charge < -0.3 is 15.3 Å². The van der Waals surface area contributed by atoms with Crippen molar-refractivity contribution in [2.45, 2.75) is 31.7 Å². The fraction of sp³-hybridized carbons (Fsp3) is 0.412. The molecule has 1 aromatic carbocycles. The van der Waals surface area contributed by atoms with Gasteiger partial charge in [-0.05, 0) is 37.8 Å². The van der Waals surface area contributed by atoms with Gasteiger partial charge in [-0.1, -0.05) is 18.2 Å². The third-order valence-corrected chi connectivity index (χ3v) is 3.91. The molecule has 2 aromatic rings. The Morgan fingerprint density at radius 1 is 1.30 bits per heavy atom. The summed E-state index contributed by atoms with van der Waals surface area (Å²) in [5, 5.41) is 16.1. The Bertz CT molecular complexity index is 637. The van der Waals surface area contributed by atoms with Crippen LogP contribution in [0.25, 0.3) is 5.69 Å². The van der Waals surface area contributed by atoms with Crippen molar-refractivity contribution < 1.29 is 9.90 Å². The zero-order valence-corrected chi connectivity index (χ0v) is 13.1. The Hall–Kier alpha value is -2.34. The van der Waals surface area contributed by atoms with Crippen molar-refractivity contribution >= 4 is 11.7 Å². The first-order valence-corrected chi connectivity index (χ1v) is 8.06. The summed E-state index contributed by atoms with van der Waals surface area (Å²) < 4.78 is 1.74. The molecular formula is C17H22N4O2. The number of amides is 2. The Morgan fingerprint density at radius 3 is 2.78 bits per heavy atom. The number of aliphatic hydroxyl groups excluding tert-OH is 1. The number of aromatic nitrogens is 2. The van der Waals surface area contributed by atoms with Crippen LogP contribution in [0.3, 0.4) is 0 Å². The van der Waals surface area contributed by atoms with E-state index in [-0.39, 0.29) is 12.6 Å². The fourth-order valence-electron chi connectivity index (χ4n) is 2.53. The largest absolute Gasteiger partial charge is 0.396 e. The number of hydrogen-bond donors (Lipinski definition) is 2. The summed E-state index contributed by atoms with van der Waals surface area (Å²) >= 11 is 0. The number of benzene rings is 1. The molecule has 0 unspecified atom stereocenters. The van der Waals surface area contributed by atoms with Gasteiger partial charge in [0.05, 0.1) is 23.8 Å². The van der Waals surface area contributed by atoms with E-state index in [2.05, 4.69) is 10.4 Å². The molecule has 0 atom stereocenters. The van der Waals surface area contributed by atoms with E-state index in [0.29, 0.717) is 18.3 Å². The van der Waals surface area contributed by atoms with Gasteiger partial charge in [0.1, 0.15) is 0 Å². The van der Waals surface area contributed by atoms with Gasteiger partial charge in [-0.25, -0.2) is 9.48 Å². The Labute approximate surface area is 135 Å². The molecule has 0 radical (unpaired) electrons. The number of carbonyl (C=O) groups is 1. The van der Waals surface area contributed by atoms with E-state index in [0.717, 1.165) is 31.4 Å². The molecule has 0 bridgehead atoms. The fourth-order valence-corrected chi connectivity index (χ4v) is 2.53. The number of hydrogen-bond acceptors (Lipinski definition) is 3. The molecule has 2 amide bonds. The number of rotatable bonds is 7. The summed E-state index contributed by atoms with van der Waals surface area (Å²) in [4.78, 5) is 14.3. The molecule has 1 aliphatic carbocycles. The molecule has 1 aromatic heterocycles. The number of nitrogens with one attached hydrogen (secondary N) is 1. The molecule has 1 aliphatic rings. The first-order chi connectivity index (χ1) is 11.3. The van der Waals surface area contributed by atoms with Gasteiger partial charge in [0.2, 0.25) is 0 Å². The maximum atomic E-state index is 12.4. The van der Waals surface area contributed by atoms with Crippen LogP contribution in [0.4, 0.5) is 10.5 Å². The molecule has 1 saturated carbocycles. The standard InChI is InChI=1S/C17H22N4O2/c22-11-5-4-10-20(15-8-9-15)17(23)19-14-12-18-21(13-14)16-6-2-1-3-7-16/h1-3,6-7,12-13,15,22H,4-5,8-11H2,(H,19,23). The second-order valence-electron chi connectivity index (χ2n) is 5.79. The smallest absolute Gasteiger partial charge is 0.322 e. The van der Waals surface area contributed by atoms with E-state index in [1.165, 1.54) is 0 Å². The summed E-state index contributed by atoms with van der Waals surface area (Å²) in [5.74, 6) is 0. The number of carbonyl (C=O) groups excluding carboxylic acids is 1. The van der Waals surface area contributed by atoms with Gasteiger partial charge in [0, 0.05) is 19.2 Å². The lowest BCUT2D eigenvalue weighted by Gasteiger charge is -2.22. The molecule has 1 fully saturated rings. The Morgan fingerprint density at radius 2 is 2.09 bits per heavy atom. The number of unbranched alkanes of at least 4 members (excludes halogenated alkanes) is 1. The second kappa shape index (κ2) is 7.28. The van der Waals surface area contributed by atoms with Gasteiger partial charge in [0.25, 0.3) is 0 Å². The quantitative estimate of drug-likeness (QED) is 0.772. The summed E-state index contributed by atoms with van der Waals surface area (Å²) in [6, 6.07) is 10.0. The molecule has 6 heteroatoms. The topological polar surface area (TPSA) is 70.4 Å². The minimum absolute atomic E-state index is 0.0851. The minimum atomic E-state index is -0.0851. The van der Waals surface area contributed by atoms with E-state index in [4.69, 9.17) is 5.11 Å². The van der Waals surface area contributed by atoms with Crippen molar-refractivity contribution in [2.24, 2.45) is 0 Å². The van der Waals surface area contributed by atoms with Gasteiger partial charge in [-0.3, -0.25) is 0 Å². The van der Waals surface area contributed by atoms with Crippen molar-refractivity contribution in [2.75, 3.05) is 18.5 Å². The van der Waals surface area contributed by atoms with Crippen LogP contribution in [0.5, 0.6) is 0 Å². The lowest BCUT2D eigenvalue weighted by atomic mass is 10.3. The first kappa shape index (κ1) is 15.6. The van der Waals surface area contributed by atoms with Crippen LogP contribution in [-0.4, -0.2) is 45.0 Å². The van der Waals surface area contributed by atoms with E-state index >= 15 is 0 Å². The van der Waals surface area contributed by atoms with Crippen LogP contribution in [-0.2, 0) is 0 Å². The number of urea groups is 1. The summed E-state index contributed by atoms with van der Waals surface area (Å²) in [7, 11) is 0. The highest BCUT2D eigenvalue weighted by atomic mass is 16.3. The van der Waals surface area contributed by atoms with Gasteiger partial charge in [-0.15, -0.1) is 0 Å². The Kier molecular flexibility index (Phi) is 4.92. The molecule has 6 nitrogen and oxygen atoms in total. The average molecular weight is 314 g/mol. The van der Waals surface area contributed by atoms with Crippen LogP contribution >= 0.6 is 0 Å². The van der Waals surface area contributed by atoms with Crippen molar-refractivity contribution in [3.8, 4) is 5.69 Å². The molecule has 122 valence electrons. The van der Waals surface area contributed by atoms with Gasteiger partial charge >= 0.3 is 6.03 Å². The predicted molar refractivity (Wildman–Crippen MR) is 88.6 cm³/mol. The van der Waals surface area contributed by atoms with Gasteiger partial charge in [0.15, 0.2) is 0 Å².